The van der Waals surface area contributed by atoms with Crippen molar-refractivity contribution in [1.82, 2.24) is 0 Å². The molecule has 0 aliphatic heterocycles. The monoisotopic (exact) mass is 169 g/mol. The van der Waals surface area contributed by atoms with Crippen LogP contribution in [0.5, 0.6) is 0 Å². The molecule has 0 spiro atoms. The Hall–Kier alpha value is -1.06. The zero-order valence-electron chi connectivity index (χ0n) is 7.72. The summed E-state index contributed by atoms with van der Waals surface area (Å²) in [5, 5.41) is 0. The summed E-state index contributed by atoms with van der Waals surface area (Å²) in [5.74, 6) is -0.351. The number of hydrogen-bond acceptors (Lipinski definition) is 1. The van der Waals surface area contributed by atoms with E-state index in [9.17, 15) is 4.79 Å². The van der Waals surface area contributed by atoms with E-state index in [1.54, 1.807) is 0 Å². The number of nitrogens with zero attached hydrogens (tertiary/aromatic N) is 1. The van der Waals surface area contributed by atoms with Gasteiger partial charge in [0.05, 0.1) is 5.41 Å². The van der Waals surface area contributed by atoms with Crippen molar-refractivity contribution in [3.8, 4) is 0 Å². The lowest BCUT2D eigenvalue weighted by molar-refractivity contribution is -0.123. The number of amides is 1. The first kappa shape index (κ1) is 9.03. The molecule has 1 atom stereocenters. The van der Waals surface area contributed by atoms with Gasteiger partial charge >= 0.3 is 0 Å². The second-order valence-corrected chi connectivity index (χ2v) is 4.23. The molecule has 12 heavy (non-hydrogen) atoms. The number of carbonyl (C=O) groups is 1. The summed E-state index contributed by atoms with van der Waals surface area (Å²) in [6.07, 6.45) is 0.857. The van der Waals surface area contributed by atoms with Crippen LogP contribution in [0.1, 0.15) is 27.2 Å². The number of rotatable bonds is 1. The summed E-state index contributed by atoms with van der Waals surface area (Å²) < 4.78 is 0. The molecule has 4 nitrogen and oxygen atoms in total. The summed E-state index contributed by atoms with van der Waals surface area (Å²) >= 11 is 0. The Morgan fingerprint density at radius 3 is 2.00 bits per heavy atom. The van der Waals surface area contributed by atoms with Crippen LogP contribution < -0.4 is 11.5 Å². The molecule has 1 aliphatic carbocycles. The standard InChI is InChI=1S/C8H15N3O/c1-7(2)4-8(7,3)5(12)11-6(9)10/h4H2,1-3H3,(H4,9,10,11,12). The zero-order chi connectivity index (χ0) is 9.57. The van der Waals surface area contributed by atoms with Crippen LogP contribution in [0, 0.1) is 10.8 Å². The quantitative estimate of drug-likeness (QED) is 0.435. The maximum Gasteiger partial charge on any atom is 0.255 e. The minimum atomic E-state index is -0.350. The van der Waals surface area contributed by atoms with Crippen molar-refractivity contribution in [3.05, 3.63) is 0 Å². The predicted molar refractivity (Wildman–Crippen MR) is 47.3 cm³/mol. The summed E-state index contributed by atoms with van der Waals surface area (Å²) in [7, 11) is 0. The molecular weight excluding hydrogens is 154 g/mol. The van der Waals surface area contributed by atoms with E-state index in [2.05, 4.69) is 4.99 Å². The van der Waals surface area contributed by atoms with Crippen molar-refractivity contribution in [1.29, 1.82) is 0 Å². The molecule has 0 aromatic heterocycles. The van der Waals surface area contributed by atoms with E-state index in [0.717, 1.165) is 6.42 Å². The van der Waals surface area contributed by atoms with Crippen LogP contribution in [0.2, 0.25) is 0 Å². The molecule has 68 valence electrons. The average Bonchev–Trinajstić information content (AvgIpc) is 2.32. The molecule has 0 aromatic rings. The molecule has 4 N–H and O–H groups in total. The van der Waals surface area contributed by atoms with Gasteiger partial charge in [0.25, 0.3) is 5.91 Å². The Bertz CT molecular complexity index is 253. The lowest BCUT2D eigenvalue weighted by Gasteiger charge is -2.09. The predicted octanol–water partition coefficient (Wildman–Crippen LogP) is 0.223. The van der Waals surface area contributed by atoms with E-state index in [4.69, 9.17) is 11.5 Å². The van der Waals surface area contributed by atoms with Crippen LogP contribution in [0.25, 0.3) is 0 Å². The first-order valence-corrected chi connectivity index (χ1v) is 3.94. The zero-order valence-corrected chi connectivity index (χ0v) is 7.72. The normalized spacial score (nSPS) is 30.9. The van der Waals surface area contributed by atoms with Crippen molar-refractivity contribution in [2.45, 2.75) is 27.2 Å². The average molecular weight is 169 g/mol. The van der Waals surface area contributed by atoms with E-state index >= 15 is 0 Å². The highest BCUT2D eigenvalue weighted by atomic mass is 16.2. The Morgan fingerprint density at radius 2 is 1.75 bits per heavy atom. The minimum absolute atomic E-state index is 0.0447. The van der Waals surface area contributed by atoms with Crippen molar-refractivity contribution >= 4 is 11.9 Å². The number of carbonyl (C=O) groups excluding carboxylic acids is 1. The summed E-state index contributed by atoms with van der Waals surface area (Å²) in [5.41, 5.74) is 9.92. The highest BCUT2D eigenvalue weighted by Crippen LogP contribution is 2.63. The highest BCUT2D eigenvalue weighted by molar-refractivity contribution is 5.96. The molecule has 1 rings (SSSR count). The number of aliphatic imine (C=N–C) groups is 1. The molecule has 1 aliphatic rings. The van der Waals surface area contributed by atoms with Crippen LogP contribution in [-0.4, -0.2) is 11.9 Å². The molecule has 1 fully saturated rings. The SMILES string of the molecule is CC1(C)CC1(C)C(=O)N=C(N)N. The number of nitrogens with two attached hydrogens (primary N) is 2. The first-order valence-electron chi connectivity index (χ1n) is 3.94. The second kappa shape index (κ2) is 2.21. The molecule has 0 saturated heterocycles. The third-order valence-corrected chi connectivity index (χ3v) is 2.87. The highest BCUT2D eigenvalue weighted by Gasteiger charge is 2.62. The van der Waals surface area contributed by atoms with Crippen molar-refractivity contribution in [3.63, 3.8) is 0 Å². The van der Waals surface area contributed by atoms with E-state index in [0.29, 0.717) is 0 Å². The van der Waals surface area contributed by atoms with Gasteiger partial charge in [-0.15, -0.1) is 0 Å². The fraction of sp³-hybridized carbons (Fsp3) is 0.750. The van der Waals surface area contributed by atoms with Gasteiger partial charge in [-0.2, -0.15) is 4.99 Å². The Kier molecular flexibility index (Phi) is 1.67. The van der Waals surface area contributed by atoms with Crippen LogP contribution in [-0.2, 0) is 4.79 Å². The second-order valence-electron chi connectivity index (χ2n) is 4.23. The van der Waals surface area contributed by atoms with Gasteiger partial charge in [-0.05, 0) is 11.8 Å². The first-order chi connectivity index (χ1) is 5.29. The van der Waals surface area contributed by atoms with Crippen LogP contribution >= 0.6 is 0 Å². The molecule has 0 aromatic carbocycles. The Labute approximate surface area is 72.0 Å². The summed E-state index contributed by atoms with van der Waals surface area (Å²) in [6.45, 7) is 5.96. The lowest BCUT2D eigenvalue weighted by Crippen LogP contribution is -2.27. The van der Waals surface area contributed by atoms with Crippen LogP contribution in [0.15, 0.2) is 4.99 Å². The molecule has 4 heteroatoms. The van der Waals surface area contributed by atoms with E-state index < -0.39 is 0 Å². The maximum atomic E-state index is 11.4. The van der Waals surface area contributed by atoms with E-state index in [-0.39, 0.29) is 22.7 Å². The van der Waals surface area contributed by atoms with Gasteiger partial charge in [-0.25, -0.2) is 0 Å². The van der Waals surface area contributed by atoms with E-state index in [1.165, 1.54) is 0 Å². The molecule has 1 amide bonds. The largest absolute Gasteiger partial charge is 0.370 e. The number of guanidine groups is 1. The summed E-state index contributed by atoms with van der Waals surface area (Å²) in [6, 6.07) is 0. The van der Waals surface area contributed by atoms with Crippen molar-refractivity contribution in [2.24, 2.45) is 27.3 Å². The molecule has 1 saturated carbocycles. The van der Waals surface area contributed by atoms with Crippen molar-refractivity contribution in [2.75, 3.05) is 0 Å². The van der Waals surface area contributed by atoms with E-state index in [1.807, 2.05) is 20.8 Å². The smallest absolute Gasteiger partial charge is 0.255 e. The summed E-state index contributed by atoms with van der Waals surface area (Å²) in [4.78, 5) is 14.9. The third-order valence-electron chi connectivity index (χ3n) is 2.87. The molecular formula is C8H15N3O. The lowest BCUT2D eigenvalue weighted by atomic mass is 9.98. The molecule has 0 bridgehead atoms. The van der Waals surface area contributed by atoms with Gasteiger partial charge in [-0.3, -0.25) is 4.79 Å². The van der Waals surface area contributed by atoms with Gasteiger partial charge in [0.2, 0.25) is 0 Å². The van der Waals surface area contributed by atoms with Crippen LogP contribution in [0.3, 0.4) is 0 Å². The van der Waals surface area contributed by atoms with Gasteiger partial charge in [0, 0.05) is 0 Å². The fourth-order valence-corrected chi connectivity index (χ4v) is 1.45. The topological polar surface area (TPSA) is 81.5 Å². The van der Waals surface area contributed by atoms with Gasteiger partial charge in [-0.1, -0.05) is 20.8 Å². The Balaban J connectivity index is 2.75. The fourth-order valence-electron chi connectivity index (χ4n) is 1.45. The molecule has 0 heterocycles. The van der Waals surface area contributed by atoms with Gasteiger partial charge in [0.15, 0.2) is 5.96 Å². The molecule has 0 radical (unpaired) electrons. The Morgan fingerprint density at radius 1 is 1.33 bits per heavy atom. The third kappa shape index (κ3) is 1.17. The minimum Gasteiger partial charge on any atom is -0.370 e. The maximum absolute atomic E-state index is 11.4. The van der Waals surface area contributed by atoms with Crippen molar-refractivity contribution < 1.29 is 4.79 Å². The van der Waals surface area contributed by atoms with Gasteiger partial charge < -0.3 is 11.5 Å². The number of hydrogen-bond donors (Lipinski definition) is 2. The molecule has 1 unspecified atom stereocenters. The van der Waals surface area contributed by atoms with Gasteiger partial charge in [0.1, 0.15) is 0 Å². The van der Waals surface area contributed by atoms with Crippen LogP contribution in [0.4, 0.5) is 0 Å².